The normalized spacial score (nSPS) is 14.2. The summed E-state index contributed by atoms with van der Waals surface area (Å²) in [6.45, 7) is 0. The maximum absolute atomic E-state index is 6.92. The number of nitrogens with zero attached hydrogens (tertiary/aromatic N) is 3. The zero-order valence-corrected chi connectivity index (χ0v) is 29.6. The Kier molecular flexibility index (Phi) is 6.39. The smallest absolute Gasteiger partial charge is 0.160 e. The predicted octanol–water partition coefficient (Wildman–Crippen LogP) is 13.3. The summed E-state index contributed by atoms with van der Waals surface area (Å²) in [4.78, 5) is 10.3. The first-order chi connectivity index (χ1) is 27.3. The quantitative estimate of drug-likeness (QED) is 0.183. The van der Waals surface area contributed by atoms with Crippen LogP contribution in [0.25, 0.3) is 99.9 Å². The number of furan rings is 2. The molecule has 4 heterocycles. The number of hydrogen-bond donors (Lipinski definition) is 0. The third-order valence-electron chi connectivity index (χ3n) is 11.4. The number of allylic oxidation sites excluding steroid dienone is 1. The average Bonchev–Trinajstić information content (AvgIpc) is 3.93. The van der Waals surface area contributed by atoms with Crippen molar-refractivity contribution in [3.8, 4) is 28.2 Å². The molecule has 0 radical (unpaired) electrons. The Morgan fingerprint density at radius 2 is 1.22 bits per heavy atom. The van der Waals surface area contributed by atoms with Crippen LogP contribution in [0.4, 0.5) is 0 Å². The minimum atomic E-state index is -0.00254. The third-order valence-corrected chi connectivity index (χ3v) is 11.4. The lowest BCUT2D eigenvalue weighted by molar-refractivity contribution is 0.587. The SMILES string of the molecule is C1=Cc2oc3c(-n4c5ccccc5c5cc(-c6ccc7oc8ccccc8c7c6)ccc54)cccc3c2C(c2nc(-c3ccccc3)nc3ccccc23)C1. The lowest BCUT2D eigenvalue weighted by Crippen LogP contribution is -2.09. The molecule has 11 aromatic rings. The fourth-order valence-corrected chi connectivity index (χ4v) is 8.88. The van der Waals surface area contributed by atoms with Gasteiger partial charge in [-0.25, -0.2) is 9.97 Å². The molecule has 5 nitrogen and oxygen atoms in total. The van der Waals surface area contributed by atoms with E-state index in [-0.39, 0.29) is 5.92 Å². The molecular formula is C50H31N3O2. The average molecular weight is 706 g/mol. The van der Waals surface area contributed by atoms with Gasteiger partial charge >= 0.3 is 0 Å². The van der Waals surface area contributed by atoms with Gasteiger partial charge in [0.2, 0.25) is 0 Å². The van der Waals surface area contributed by atoms with E-state index in [1.165, 1.54) is 16.3 Å². The zero-order chi connectivity index (χ0) is 36.0. The van der Waals surface area contributed by atoms with Gasteiger partial charge in [-0.3, -0.25) is 0 Å². The van der Waals surface area contributed by atoms with Gasteiger partial charge in [0.25, 0.3) is 0 Å². The van der Waals surface area contributed by atoms with Crippen molar-refractivity contribution in [3.05, 3.63) is 181 Å². The topological polar surface area (TPSA) is 57.0 Å². The highest BCUT2D eigenvalue weighted by Gasteiger charge is 2.30. The van der Waals surface area contributed by atoms with E-state index >= 15 is 0 Å². The van der Waals surface area contributed by atoms with Gasteiger partial charge in [-0.05, 0) is 72.2 Å². The Hall–Kier alpha value is -7.24. The Labute approximate surface area is 315 Å². The van der Waals surface area contributed by atoms with E-state index in [4.69, 9.17) is 18.8 Å². The van der Waals surface area contributed by atoms with E-state index in [0.29, 0.717) is 0 Å². The summed E-state index contributed by atoms with van der Waals surface area (Å²) in [7, 11) is 0. The molecule has 1 unspecified atom stereocenters. The molecule has 1 aliphatic carbocycles. The van der Waals surface area contributed by atoms with Gasteiger partial charge < -0.3 is 13.4 Å². The van der Waals surface area contributed by atoms with Gasteiger partial charge in [0.05, 0.1) is 27.9 Å². The largest absolute Gasteiger partial charge is 0.456 e. The van der Waals surface area contributed by atoms with Crippen LogP contribution in [0.5, 0.6) is 0 Å². The highest BCUT2D eigenvalue weighted by Crippen LogP contribution is 2.46. The van der Waals surface area contributed by atoms with Crippen molar-refractivity contribution in [2.75, 3.05) is 0 Å². The highest BCUT2D eigenvalue weighted by atomic mass is 16.3. The zero-order valence-electron chi connectivity index (χ0n) is 29.6. The number of hydrogen-bond acceptors (Lipinski definition) is 4. The molecule has 7 aromatic carbocycles. The highest BCUT2D eigenvalue weighted by molar-refractivity contribution is 6.12. The van der Waals surface area contributed by atoms with E-state index in [9.17, 15) is 0 Å². The van der Waals surface area contributed by atoms with Gasteiger partial charge in [0.1, 0.15) is 16.9 Å². The van der Waals surface area contributed by atoms with Crippen LogP contribution in [0.2, 0.25) is 0 Å². The van der Waals surface area contributed by atoms with E-state index in [2.05, 4.69) is 138 Å². The van der Waals surface area contributed by atoms with Crippen molar-refractivity contribution in [1.82, 2.24) is 14.5 Å². The number of aromatic nitrogens is 3. The maximum Gasteiger partial charge on any atom is 0.160 e. The number of rotatable bonds is 4. The summed E-state index contributed by atoms with van der Waals surface area (Å²) in [6, 6.07) is 55.4. The number of fused-ring (bicyclic) bond motifs is 10. The van der Waals surface area contributed by atoms with Gasteiger partial charge in [0.15, 0.2) is 11.4 Å². The first kappa shape index (κ1) is 30.2. The molecule has 4 aromatic heterocycles. The molecule has 1 aliphatic rings. The standard InChI is InChI=1S/C50H31N3O2/c1-2-12-30(13-3-1)50-51-40-19-7-4-16-35(40)48(52-50)36-17-11-23-46-47(36)37-18-10-21-43(49(37)55-46)53-41-20-8-5-14-33(41)38-28-31(24-26-42(38)53)32-25-27-45-39(29-32)34-15-6-9-22-44(34)54-45/h1-16,18-29,36H,17H2. The Balaban J connectivity index is 1.04. The summed E-state index contributed by atoms with van der Waals surface area (Å²) >= 11 is 0. The molecular weight excluding hydrogens is 675 g/mol. The van der Waals surface area contributed by atoms with E-state index in [0.717, 1.165) is 101 Å². The first-order valence-corrected chi connectivity index (χ1v) is 18.8. The van der Waals surface area contributed by atoms with E-state index in [1.54, 1.807) is 0 Å². The molecule has 0 N–H and O–H groups in total. The Morgan fingerprint density at radius 1 is 0.509 bits per heavy atom. The molecule has 0 saturated heterocycles. The van der Waals surface area contributed by atoms with Gasteiger partial charge in [-0.1, -0.05) is 115 Å². The molecule has 0 amide bonds. The summed E-state index contributed by atoms with van der Waals surface area (Å²) in [5.74, 6) is 1.62. The second-order valence-electron chi connectivity index (χ2n) is 14.4. The van der Waals surface area contributed by atoms with Crippen molar-refractivity contribution >= 4 is 71.7 Å². The summed E-state index contributed by atoms with van der Waals surface area (Å²) in [5.41, 5.74) is 12.4. The van der Waals surface area contributed by atoms with Crippen LogP contribution in [0.15, 0.2) is 173 Å². The minimum absolute atomic E-state index is 0.00254. The fraction of sp³-hybridized carbons (Fsp3) is 0.0400. The monoisotopic (exact) mass is 705 g/mol. The van der Waals surface area contributed by atoms with Gasteiger partial charge in [-0.15, -0.1) is 0 Å². The van der Waals surface area contributed by atoms with Crippen LogP contribution in [0.1, 0.15) is 29.4 Å². The summed E-state index contributed by atoms with van der Waals surface area (Å²) < 4.78 is 15.4. The summed E-state index contributed by atoms with van der Waals surface area (Å²) in [5, 5.41) is 6.82. The van der Waals surface area contributed by atoms with E-state index in [1.807, 2.05) is 36.4 Å². The van der Waals surface area contributed by atoms with E-state index < -0.39 is 0 Å². The predicted molar refractivity (Wildman–Crippen MR) is 224 cm³/mol. The number of para-hydroxylation sites is 4. The first-order valence-electron chi connectivity index (χ1n) is 18.8. The van der Waals surface area contributed by atoms with Crippen LogP contribution >= 0.6 is 0 Å². The molecule has 258 valence electrons. The molecule has 12 rings (SSSR count). The third kappa shape index (κ3) is 4.53. The summed E-state index contributed by atoms with van der Waals surface area (Å²) in [6.07, 6.45) is 5.18. The van der Waals surface area contributed by atoms with Crippen molar-refractivity contribution in [3.63, 3.8) is 0 Å². The maximum atomic E-state index is 6.92. The molecule has 1 atom stereocenters. The van der Waals surface area contributed by atoms with Crippen LogP contribution in [0, 0.1) is 0 Å². The Morgan fingerprint density at radius 3 is 2.13 bits per heavy atom. The molecule has 0 saturated carbocycles. The van der Waals surface area contributed by atoms with Crippen LogP contribution in [-0.2, 0) is 0 Å². The molecule has 0 bridgehead atoms. The Bertz CT molecular complexity index is 3360. The molecule has 0 fully saturated rings. The van der Waals surface area contributed by atoms with Crippen LogP contribution in [-0.4, -0.2) is 14.5 Å². The lowest BCUT2D eigenvalue weighted by atomic mass is 9.85. The second-order valence-corrected chi connectivity index (χ2v) is 14.4. The minimum Gasteiger partial charge on any atom is -0.456 e. The van der Waals surface area contributed by atoms with Crippen LogP contribution in [0.3, 0.4) is 0 Å². The molecule has 0 spiro atoms. The van der Waals surface area contributed by atoms with Crippen molar-refractivity contribution in [2.24, 2.45) is 0 Å². The second kappa shape index (κ2) is 11.6. The van der Waals surface area contributed by atoms with Crippen molar-refractivity contribution < 1.29 is 8.83 Å². The fourth-order valence-electron chi connectivity index (χ4n) is 8.88. The number of benzene rings is 7. The molecule has 55 heavy (non-hydrogen) atoms. The van der Waals surface area contributed by atoms with Gasteiger partial charge in [-0.2, -0.15) is 0 Å². The molecule has 5 heteroatoms. The van der Waals surface area contributed by atoms with Gasteiger partial charge in [0, 0.05) is 49.4 Å². The lowest BCUT2D eigenvalue weighted by Gasteiger charge is -2.20. The van der Waals surface area contributed by atoms with Crippen LogP contribution < -0.4 is 0 Å². The van der Waals surface area contributed by atoms with Crippen molar-refractivity contribution in [1.29, 1.82) is 0 Å². The molecule has 0 aliphatic heterocycles. The van der Waals surface area contributed by atoms with Crippen molar-refractivity contribution in [2.45, 2.75) is 12.3 Å².